The molecule has 3 aliphatic rings. The number of carboxylic acids is 1. The van der Waals surface area contributed by atoms with Crippen LogP contribution in [0.1, 0.15) is 19.8 Å². The second-order valence-electron chi connectivity index (χ2n) is 5.14. The van der Waals surface area contributed by atoms with Crippen LogP contribution >= 0.6 is 0 Å². The number of rotatable bonds is 2. The van der Waals surface area contributed by atoms with Gasteiger partial charge in [0.15, 0.2) is 0 Å². The minimum atomic E-state index is -0.886. The number of esters is 1. The van der Waals surface area contributed by atoms with E-state index in [1.54, 1.807) is 13.0 Å². The summed E-state index contributed by atoms with van der Waals surface area (Å²) in [5.74, 6) is 0.0692. The molecule has 0 amide bonds. The maximum Gasteiger partial charge on any atom is 0.330 e. The lowest BCUT2D eigenvalue weighted by Gasteiger charge is -2.22. The number of carbonyl (C=O) groups excluding carboxylic acids is 1. The number of hydrogen-bond acceptors (Lipinski definition) is 3. The van der Waals surface area contributed by atoms with Crippen LogP contribution in [0.3, 0.4) is 0 Å². The van der Waals surface area contributed by atoms with Gasteiger partial charge in [-0.3, -0.25) is 4.79 Å². The molecular weight excluding hydrogens is 208 g/mol. The molecule has 2 saturated carbocycles. The van der Waals surface area contributed by atoms with Crippen molar-refractivity contribution in [3.63, 3.8) is 0 Å². The Labute approximate surface area is 93.3 Å². The average Bonchev–Trinajstić information content (AvgIpc) is 2.81. The number of ether oxygens (including phenoxy) is 1. The van der Waals surface area contributed by atoms with Crippen LogP contribution in [-0.2, 0) is 14.3 Å². The Morgan fingerprint density at radius 3 is 2.94 bits per heavy atom. The molecule has 5 unspecified atom stereocenters. The molecule has 0 spiro atoms. The summed E-state index contributed by atoms with van der Waals surface area (Å²) < 4.78 is 5.36. The van der Waals surface area contributed by atoms with Gasteiger partial charge in [0.25, 0.3) is 0 Å². The monoisotopic (exact) mass is 222 g/mol. The van der Waals surface area contributed by atoms with Crippen LogP contribution in [0.2, 0.25) is 0 Å². The molecule has 2 aliphatic carbocycles. The summed E-state index contributed by atoms with van der Waals surface area (Å²) in [6.07, 6.45) is 3.64. The van der Waals surface area contributed by atoms with E-state index in [2.05, 4.69) is 0 Å². The molecule has 0 aromatic carbocycles. The van der Waals surface area contributed by atoms with Gasteiger partial charge in [-0.2, -0.15) is 0 Å². The molecule has 3 rings (SSSR count). The topological polar surface area (TPSA) is 63.6 Å². The summed E-state index contributed by atoms with van der Waals surface area (Å²) in [5, 5.41) is 8.86. The van der Waals surface area contributed by atoms with Crippen LogP contribution in [0.25, 0.3) is 0 Å². The second kappa shape index (κ2) is 3.09. The summed E-state index contributed by atoms with van der Waals surface area (Å²) in [4.78, 5) is 22.3. The van der Waals surface area contributed by atoms with E-state index < -0.39 is 5.97 Å². The first-order valence-corrected chi connectivity index (χ1v) is 5.70. The molecule has 5 atom stereocenters. The van der Waals surface area contributed by atoms with Crippen molar-refractivity contribution in [2.45, 2.75) is 25.9 Å². The zero-order chi connectivity index (χ0) is 11.4. The Morgan fingerprint density at radius 2 is 2.25 bits per heavy atom. The van der Waals surface area contributed by atoms with Crippen LogP contribution in [0.5, 0.6) is 0 Å². The van der Waals surface area contributed by atoms with Crippen molar-refractivity contribution in [1.82, 2.24) is 0 Å². The van der Waals surface area contributed by atoms with Crippen molar-refractivity contribution in [1.29, 1.82) is 0 Å². The van der Waals surface area contributed by atoms with Gasteiger partial charge in [-0.15, -0.1) is 0 Å². The summed E-state index contributed by atoms with van der Waals surface area (Å²) in [6.45, 7) is 1.60. The Kier molecular flexibility index (Phi) is 1.91. The lowest BCUT2D eigenvalue weighted by atomic mass is 9.81. The summed E-state index contributed by atoms with van der Waals surface area (Å²) in [5.41, 5.74) is 0.358. The lowest BCUT2D eigenvalue weighted by molar-refractivity contribution is -0.144. The van der Waals surface area contributed by atoms with Crippen molar-refractivity contribution in [3.05, 3.63) is 11.6 Å². The van der Waals surface area contributed by atoms with Crippen LogP contribution in [0, 0.1) is 23.7 Å². The van der Waals surface area contributed by atoms with Gasteiger partial charge in [-0.05, 0) is 25.7 Å². The van der Waals surface area contributed by atoms with E-state index in [9.17, 15) is 9.59 Å². The first kappa shape index (κ1) is 9.87. The van der Waals surface area contributed by atoms with Crippen LogP contribution in [0.4, 0.5) is 0 Å². The van der Waals surface area contributed by atoms with Crippen molar-refractivity contribution < 1.29 is 19.4 Å². The maximum atomic E-state index is 11.5. The van der Waals surface area contributed by atoms with Crippen molar-refractivity contribution >= 4 is 11.9 Å². The molecule has 0 radical (unpaired) electrons. The molecule has 0 aromatic rings. The molecule has 86 valence electrons. The Hall–Kier alpha value is -1.32. The van der Waals surface area contributed by atoms with Gasteiger partial charge in [0.1, 0.15) is 6.10 Å². The van der Waals surface area contributed by atoms with E-state index in [1.165, 1.54) is 0 Å². The van der Waals surface area contributed by atoms with Crippen molar-refractivity contribution in [2.24, 2.45) is 23.7 Å². The third-order valence-electron chi connectivity index (χ3n) is 4.33. The summed E-state index contributed by atoms with van der Waals surface area (Å²) in [6, 6.07) is 0. The molecule has 1 aliphatic heterocycles. The minimum Gasteiger partial charge on any atom is -0.478 e. The second-order valence-corrected chi connectivity index (χ2v) is 5.14. The number of carbonyl (C=O) groups is 2. The van der Waals surface area contributed by atoms with Gasteiger partial charge in [0.2, 0.25) is 0 Å². The molecular formula is C12H14O4. The normalized spacial score (nSPS) is 44.9. The van der Waals surface area contributed by atoms with Gasteiger partial charge < -0.3 is 9.84 Å². The van der Waals surface area contributed by atoms with Gasteiger partial charge in [0, 0.05) is 17.4 Å². The van der Waals surface area contributed by atoms with E-state index in [0.717, 1.165) is 12.8 Å². The number of carboxylic acid groups (broad SMARTS) is 1. The first-order chi connectivity index (χ1) is 7.58. The standard InChI is InChI=1S/C12H14O4/c1-5(11(13)14)2-7-6-3-8-9(4-6)12(15)16-10(7)8/h2,6-10H,3-4H2,1H3,(H,13,14)/b5-2+. The molecule has 4 nitrogen and oxygen atoms in total. The molecule has 1 N–H and O–H groups in total. The highest BCUT2D eigenvalue weighted by molar-refractivity contribution is 5.86. The van der Waals surface area contributed by atoms with E-state index in [1.807, 2.05) is 0 Å². The highest BCUT2D eigenvalue weighted by Gasteiger charge is 2.60. The molecule has 0 aromatic heterocycles. The maximum absolute atomic E-state index is 11.5. The third-order valence-corrected chi connectivity index (χ3v) is 4.33. The fourth-order valence-electron chi connectivity index (χ4n) is 3.59. The smallest absolute Gasteiger partial charge is 0.330 e. The first-order valence-electron chi connectivity index (χ1n) is 5.70. The number of fused-ring (bicyclic) bond motifs is 1. The molecule has 3 fully saturated rings. The van der Waals surface area contributed by atoms with E-state index >= 15 is 0 Å². The quantitative estimate of drug-likeness (QED) is 0.563. The Bertz CT molecular complexity index is 398. The Morgan fingerprint density at radius 1 is 1.50 bits per heavy atom. The largest absolute Gasteiger partial charge is 0.478 e. The minimum absolute atomic E-state index is 0.0504. The summed E-state index contributed by atoms with van der Waals surface area (Å²) in [7, 11) is 0. The summed E-state index contributed by atoms with van der Waals surface area (Å²) >= 11 is 0. The number of hydrogen-bond donors (Lipinski definition) is 1. The van der Waals surface area contributed by atoms with E-state index in [-0.39, 0.29) is 23.9 Å². The highest BCUT2D eigenvalue weighted by Crippen LogP contribution is 2.57. The van der Waals surface area contributed by atoms with Crippen LogP contribution in [-0.4, -0.2) is 23.1 Å². The van der Waals surface area contributed by atoms with Gasteiger partial charge in [-0.1, -0.05) is 6.08 Å². The van der Waals surface area contributed by atoms with Gasteiger partial charge in [0.05, 0.1) is 5.92 Å². The van der Waals surface area contributed by atoms with Gasteiger partial charge >= 0.3 is 11.9 Å². The molecule has 1 saturated heterocycles. The predicted octanol–water partition coefficient (Wildman–Crippen LogP) is 1.21. The van der Waals surface area contributed by atoms with Crippen LogP contribution < -0.4 is 0 Å². The molecule has 4 heteroatoms. The lowest BCUT2D eigenvalue weighted by Crippen LogP contribution is -2.25. The zero-order valence-electron chi connectivity index (χ0n) is 9.05. The fraction of sp³-hybridized carbons (Fsp3) is 0.667. The van der Waals surface area contributed by atoms with E-state index in [4.69, 9.17) is 9.84 Å². The van der Waals surface area contributed by atoms with Crippen LogP contribution in [0.15, 0.2) is 11.6 Å². The van der Waals surface area contributed by atoms with E-state index in [0.29, 0.717) is 17.4 Å². The predicted molar refractivity (Wildman–Crippen MR) is 54.5 cm³/mol. The SMILES string of the molecule is C/C(=C\C1C2CC3C(=O)OC1C3C2)C(=O)O. The third kappa shape index (κ3) is 1.16. The molecule has 2 bridgehead atoms. The zero-order valence-corrected chi connectivity index (χ0v) is 9.05. The fourth-order valence-corrected chi connectivity index (χ4v) is 3.59. The van der Waals surface area contributed by atoms with Crippen molar-refractivity contribution in [3.8, 4) is 0 Å². The molecule has 1 heterocycles. The number of aliphatic carboxylic acids is 1. The van der Waals surface area contributed by atoms with Crippen molar-refractivity contribution in [2.75, 3.05) is 0 Å². The van der Waals surface area contributed by atoms with Gasteiger partial charge in [-0.25, -0.2) is 4.79 Å². The highest BCUT2D eigenvalue weighted by atomic mass is 16.6. The Balaban J connectivity index is 1.87. The average molecular weight is 222 g/mol. The molecule has 16 heavy (non-hydrogen) atoms.